The highest BCUT2D eigenvalue weighted by atomic mass is 79.9. The summed E-state index contributed by atoms with van der Waals surface area (Å²) in [6.45, 7) is 0.444. The average Bonchev–Trinajstić information content (AvgIpc) is 2.31. The van der Waals surface area contributed by atoms with Gasteiger partial charge in [-0.2, -0.15) is 0 Å². The van der Waals surface area contributed by atoms with Gasteiger partial charge in [-0.1, -0.05) is 68.4 Å². The number of halogens is 5. The van der Waals surface area contributed by atoms with Gasteiger partial charge in [-0.25, -0.2) is 0 Å². The van der Waals surface area contributed by atoms with Crippen LogP contribution < -0.4 is 5.32 Å². The highest BCUT2D eigenvalue weighted by Crippen LogP contribution is 2.35. The molecule has 0 bridgehead atoms. The first-order valence-corrected chi connectivity index (χ1v) is 7.61. The van der Waals surface area contributed by atoms with Crippen LogP contribution in [0.5, 0.6) is 0 Å². The molecule has 0 saturated carbocycles. The van der Waals surface area contributed by atoms with E-state index in [1.54, 1.807) is 30.3 Å². The van der Waals surface area contributed by atoms with Crippen LogP contribution >= 0.6 is 62.3 Å². The van der Waals surface area contributed by atoms with E-state index in [0.29, 0.717) is 32.3 Å². The maximum absolute atomic E-state index is 6.14. The van der Waals surface area contributed by atoms with Gasteiger partial charge in [-0.15, -0.1) is 0 Å². The third kappa shape index (κ3) is 3.71. The summed E-state index contributed by atoms with van der Waals surface area (Å²) in [5, 5.41) is 5.42. The van der Waals surface area contributed by atoms with E-state index in [1.807, 2.05) is 0 Å². The second kappa shape index (κ2) is 6.55. The molecule has 0 aliphatic rings. The van der Waals surface area contributed by atoms with Gasteiger partial charge in [0, 0.05) is 26.6 Å². The lowest BCUT2D eigenvalue weighted by Crippen LogP contribution is -2.02. The largest absolute Gasteiger partial charge is 0.378 e. The molecule has 2 rings (SSSR count). The topological polar surface area (TPSA) is 12.0 Å². The van der Waals surface area contributed by atoms with Crippen molar-refractivity contribution in [3.8, 4) is 0 Å². The van der Waals surface area contributed by atoms with E-state index in [2.05, 4.69) is 21.2 Å². The molecule has 0 atom stereocenters. The molecule has 0 fully saturated rings. The Morgan fingerprint density at radius 3 is 1.95 bits per heavy atom. The van der Waals surface area contributed by atoms with E-state index < -0.39 is 0 Å². The van der Waals surface area contributed by atoms with Crippen molar-refractivity contribution in [3.05, 3.63) is 60.5 Å². The number of nitrogens with one attached hydrogen (secondary N) is 1. The molecule has 0 aromatic heterocycles. The van der Waals surface area contributed by atoms with Crippen molar-refractivity contribution in [1.29, 1.82) is 0 Å². The summed E-state index contributed by atoms with van der Waals surface area (Å²) >= 11 is 27.8. The van der Waals surface area contributed by atoms with Crippen molar-refractivity contribution in [1.82, 2.24) is 0 Å². The van der Waals surface area contributed by atoms with Crippen molar-refractivity contribution >= 4 is 68.0 Å². The molecule has 2 aromatic carbocycles. The highest BCUT2D eigenvalue weighted by Gasteiger charge is 2.10. The Morgan fingerprint density at radius 1 is 0.895 bits per heavy atom. The van der Waals surface area contributed by atoms with Crippen LogP contribution in [0.1, 0.15) is 5.56 Å². The number of benzene rings is 2. The summed E-state index contributed by atoms with van der Waals surface area (Å²) in [7, 11) is 0. The molecule has 0 heterocycles. The zero-order chi connectivity index (χ0) is 14.0. The molecule has 100 valence electrons. The monoisotopic (exact) mass is 397 g/mol. The molecule has 1 N–H and O–H groups in total. The summed E-state index contributed by atoms with van der Waals surface area (Å²) in [5.41, 5.74) is 1.46. The molecule has 0 spiro atoms. The van der Waals surface area contributed by atoms with Gasteiger partial charge in [0.05, 0.1) is 15.7 Å². The Bertz CT molecular complexity index is 572. The summed E-state index contributed by atoms with van der Waals surface area (Å²) in [6.07, 6.45) is 0. The van der Waals surface area contributed by atoms with Gasteiger partial charge >= 0.3 is 0 Å². The first-order chi connectivity index (χ1) is 8.99. The van der Waals surface area contributed by atoms with Crippen LogP contribution in [0.2, 0.25) is 20.1 Å². The first kappa shape index (κ1) is 15.3. The van der Waals surface area contributed by atoms with Crippen molar-refractivity contribution in [2.45, 2.75) is 6.54 Å². The third-order valence-corrected chi connectivity index (χ3v) is 4.27. The van der Waals surface area contributed by atoms with Crippen molar-refractivity contribution < 1.29 is 0 Å². The maximum Gasteiger partial charge on any atom is 0.0722 e. The Balaban J connectivity index is 2.24. The normalized spacial score (nSPS) is 10.6. The van der Waals surface area contributed by atoms with Crippen LogP contribution in [-0.4, -0.2) is 0 Å². The van der Waals surface area contributed by atoms with Crippen molar-refractivity contribution in [2.24, 2.45) is 0 Å². The minimum absolute atomic E-state index is 0.444. The fraction of sp³-hybridized carbons (Fsp3) is 0.0769. The van der Waals surface area contributed by atoms with Gasteiger partial charge in [0.2, 0.25) is 0 Å². The lowest BCUT2D eigenvalue weighted by molar-refractivity contribution is 1.15. The molecule has 0 aliphatic carbocycles. The van der Waals surface area contributed by atoms with Gasteiger partial charge in [-0.05, 0) is 24.3 Å². The minimum atomic E-state index is 0.444. The first-order valence-electron chi connectivity index (χ1n) is 5.30. The molecular weight excluding hydrogens is 392 g/mol. The third-order valence-electron chi connectivity index (χ3n) is 2.51. The molecule has 0 unspecified atom stereocenters. The Kier molecular flexibility index (Phi) is 5.27. The quantitative estimate of drug-likeness (QED) is 0.607. The van der Waals surface area contributed by atoms with Gasteiger partial charge in [0.1, 0.15) is 0 Å². The zero-order valence-electron chi connectivity index (χ0n) is 9.48. The fourth-order valence-electron chi connectivity index (χ4n) is 1.59. The molecule has 2 aromatic rings. The SMILES string of the molecule is Clc1cccc(Cl)c1CNc1c(Cl)cc(Br)cc1Cl. The van der Waals surface area contributed by atoms with Gasteiger partial charge in [-0.3, -0.25) is 0 Å². The Morgan fingerprint density at radius 2 is 1.42 bits per heavy atom. The fourth-order valence-corrected chi connectivity index (χ4v) is 3.46. The average molecular weight is 400 g/mol. The summed E-state index contributed by atoms with van der Waals surface area (Å²) in [6, 6.07) is 8.91. The van der Waals surface area contributed by atoms with E-state index in [-0.39, 0.29) is 0 Å². The van der Waals surface area contributed by atoms with E-state index in [9.17, 15) is 0 Å². The molecule has 0 amide bonds. The Labute approximate surface area is 139 Å². The van der Waals surface area contributed by atoms with Gasteiger partial charge in [0.25, 0.3) is 0 Å². The van der Waals surface area contributed by atoms with Crippen LogP contribution in [0, 0.1) is 0 Å². The predicted octanol–water partition coefficient (Wildman–Crippen LogP) is 6.67. The molecule has 6 heteroatoms. The lowest BCUT2D eigenvalue weighted by atomic mass is 10.2. The molecular formula is C13H8BrCl4N. The van der Waals surface area contributed by atoms with E-state index in [1.165, 1.54) is 0 Å². The van der Waals surface area contributed by atoms with Crippen LogP contribution in [0.15, 0.2) is 34.8 Å². The molecule has 0 radical (unpaired) electrons. The number of hydrogen-bond donors (Lipinski definition) is 1. The van der Waals surface area contributed by atoms with Crippen LogP contribution in [-0.2, 0) is 6.54 Å². The van der Waals surface area contributed by atoms with Gasteiger partial charge in [0.15, 0.2) is 0 Å². The van der Waals surface area contributed by atoms with E-state index in [4.69, 9.17) is 46.4 Å². The Hall–Kier alpha value is -0.120. The van der Waals surface area contributed by atoms with E-state index >= 15 is 0 Å². The smallest absolute Gasteiger partial charge is 0.0722 e. The minimum Gasteiger partial charge on any atom is -0.378 e. The van der Waals surface area contributed by atoms with E-state index in [0.717, 1.165) is 10.0 Å². The van der Waals surface area contributed by atoms with Crippen LogP contribution in [0.4, 0.5) is 5.69 Å². The summed E-state index contributed by atoms with van der Waals surface area (Å²) in [5.74, 6) is 0. The van der Waals surface area contributed by atoms with Crippen molar-refractivity contribution in [3.63, 3.8) is 0 Å². The van der Waals surface area contributed by atoms with Crippen molar-refractivity contribution in [2.75, 3.05) is 5.32 Å². The highest BCUT2D eigenvalue weighted by molar-refractivity contribution is 9.10. The number of rotatable bonds is 3. The number of anilines is 1. The van der Waals surface area contributed by atoms with Crippen LogP contribution in [0.25, 0.3) is 0 Å². The van der Waals surface area contributed by atoms with Crippen LogP contribution in [0.3, 0.4) is 0 Å². The molecule has 0 saturated heterocycles. The lowest BCUT2D eigenvalue weighted by Gasteiger charge is -2.13. The molecule has 0 aliphatic heterocycles. The second-order valence-electron chi connectivity index (χ2n) is 3.80. The summed E-state index contributed by atoms with van der Waals surface area (Å²) in [4.78, 5) is 0. The second-order valence-corrected chi connectivity index (χ2v) is 6.34. The number of hydrogen-bond acceptors (Lipinski definition) is 1. The standard InChI is InChI=1S/C13H8BrCl4N/c14-7-4-11(17)13(12(18)5-7)19-6-8-9(15)2-1-3-10(8)16/h1-5,19H,6H2. The molecule has 19 heavy (non-hydrogen) atoms. The zero-order valence-corrected chi connectivity index (χ0v) is 14.1. The summed E-state index contributed by atoms with van der Waals surface area (Å²) < 4.78 is 0.823. The molecule has 1 nitrogen and oxygen atoms in total. The maximum atomic E-state index is 6.14. The van der Waals surface area contributed by atoms with Gasteiger partial charge < -0.3 is 5.32 Å². The predicted molar refractivity (Wildman–Crippen MR) is 88.0 cm³/mol.